The number of carbonyl (C=O) groups excluding carboxylic acids is 2. The lowest BCUT2D eigenvalue weighted by Gasteiger charge is -2.24. The monoisotopic (exact) mass is 393 g/mol. The molecule has 28 heavy (non-hydrogen) atoms. The number of amides is 2. The number of benzene rings is 1. The molecule has 1 aliphatic rings. The van der Waals surface area contributed by atoms with E-state index in [4.69, 9.17) is 4.42 Å². The predicted molar refractivity (Wildman–Crippen MR) is 107 cm³/mol. The molecule has 0 fully saturated rings. The van der Waals surface area contributed by atoms with Crippen molar-refractivity contribution in [3.05, 3.63) is 82.4 Å². The van der Waals surface area contributed by atoms with Gasteiger partial charge in [0, 0.05) is 13.5 Å². The van der Waals surface area contributed by atoms with Crippen LogP contribution in [0.4, 0.5) is 0 Å². The lowest BCUT2D eigenvalue weighted by molar-refractivity contribution is -0.133. The Morgan fingerprint density at radius 1 is 1.18 bits per heavy atom. The van der Waals surface area contributed by atoms with E-state index in [0.717, 1.165) is 16.2 Å². The van der Waals surface area contributed by atoms with Gasteiger partial charge in [-0.25, -0.2) is 5.01 Å². The van der Waals surface area contributed by atoms with Gasteiger partial charge in [-0.15, -0.1) is 11.3 Å². The van der Waals surface area contributed by atoms with E-state index in [9.17, 15) is 9.59 Å². The number of rotatable bonds is 5. The van der Waals surface area contributed by atoms with Crippen LogP contribution in [0.1, 0.15) is 33.5 Å². The van der Waals surface area contributed by atoms with Crippen molar-refractivity contribution in [2.75, 3.05) is 13.6 Å². The van der Waals surface area contributed by atoms with Gasteiger partial charge in [0.2, 0.25) is 0 Å². The highest BCUT2D eigenvalue weighted by atomic mass is 32.1. The number of furan rings is 1. The highest BCUT2D eigenvalue weighted by Gasteiger charge is 2.34. The SMILES string of the molecule is CN(CC(=O)N1N=C(c2cccs2)C[C@H]1c1ccccc1)C(=O)c1ccco1. The van der Waals surface area contributed by atoms with Crippen molar-refractivity contribution >= 4 is 28.9 Å². The van der Waals surface area contributed by atoms with Crippen molar-refractivity contribution in [3.8, 4) is 0 Å². The molecule has 0 bridgehead atoms. The summed E-state index contributed by atoms with van der Waals surface area (Å²) < 4.78 is 5.14. The predicted octanol–water partition coefficient (Wildman–Crippen LogP) is 3.79. The van der Waals surface area contributed by atoms with Crippen LogP contribution < -0.4 is 0 Å². The minimum absolute atomic E-state index is 0.0793. The van der Waals surface area contributed by atoms with E-state index in [0.29, 0.717) is 6.42 Å². The Morgan fingerprint density at radius 3 is 2.68 bits per heavy atom. The first-order valence-electron chi connectivity index (χ1n) is 8.91. The summed E-state index contributed by atoms with van der Waals surface area (Å²) in [5.74, 6) is -0.363. The van der Waals surface area contributed by atoms with Crippen molar-refractivity contribution in [3.63, 3.8) is 0 Å². The summed E-state index contributed by atoms with van der Waals surface area (Å²) in [6, 6.07) is 16.9. The van der Waals surface area contributed by atoms with Crippen LogP contribution in [-0.4, -0.2) is 41.0 Å². The summed E-state index contributed by atoms with van der Waals surface area (Å²) in [4.78, 5) is 27.8. The third kappa shape index (κ3) is 3.61. The number of thiophene rings is 1. The van der Waals surface area contributed by atoms with Crippen molar-refractivity contribution in [2.45, 2.75) is 12.5 Å². The smallest absolute Gasteiger partial charge is 0.289 e. The van der Waals surface area contributed by atoms with Gasteiger partial charge in [-0.2, -0.15) is 5.10 Å². The number of likely N-dealkylation sites (N-methyl/N-ethyl adjacent to an activating group) is 1. The quantitative estimate of drug-likeness (QED) is 0.662. The Bertz CT molecular complexity index is 981. The third-order valence-electron chi connectivity index (χ3n) is 4.61. The standard InChI is InChI=1S/C21H19N3O3S/c1-23(21(26)18-9-5-11-27-18)14-20(25)24-17(15-7-3-2-4-8-15)13-16(22-24)19-10-6-12-28-19/h2-12,17H,13-14H2,1H3/t17-/m0/s1. The fourth-order valence-electron chi connectivity index (χ4n) is 3.20. The molecule has 0 N–H and O–H groups in total. The first-order valence-corrected chi connectivity index (χ1v) is 9.79. The second-order valence-electron chi connectivity index (χ2n) is 6.53. The van der Waals surface area contributed by atoms with Gasteiger partial charge >= 0.3 is 0 Å². The summed E-state index contributed by atoms with van der Waals surface area (Å²) >= 11 is 1.60. The van der Waals surface area contributed by atoms with E-state index in [1.54, 1.807) is 30.5 Å². The van der Waals surface area contributed by atoms with E-state index in [-0.39, 0.29) is 30.2 Å². The highest BCUT2D eigenvalue weighted by molar-refractivity contribution is 7.12. The Hall–Kier alpha value is -3.19. The van der Waals surface area contributed by atoms with Crippen LogP contribution in [0.3, 0.4) is 0 Å². The van der Waals surface area contributed by atoms with Gasteiger partial charge in [0.15, 0.2) is 5.76 Å². The average Bonchev–Trinajstić information content (AvgIpc) is 3.49. The number of carbonyl (C=O) groups is 2. The number of hydrogen-bond acceptors (Lipinski definition) is 5. The van der Waals surface area contributed by atoms with Crippen molar-refractivity contribution in [1.29, 1.82) is 0 Å². The van der Waals surface area contributed by atoms with Gasteiger partial charge in [-0.1, -0.05) is 36.4 Å². The van der Waals surface area contributed by atoms with Gasteiger partial charge in [-0.3, -0.25) is 9.59 Å². The number of nitrogens with zero attached hydrogens (tertiary/aromatic N) is 3. The summed E-state index contributed by atoms with van der Waals surface area (Å²) in [5.41, 5.74) is 1.91. The van der Waals surface area contributed by atoms with Gasteiger partial charge in [0.25, 0.3) is 11.8 Å². The van der Waals surface area contributed by atoms with Gasteiger partial charge < -0.3 is 9.32 Å². The van der Waals surface area contributed by atoms with Gasteiger partial charge in [-0.05, 0) is 29.1 Å². The van der Waals surface area contributed by atoms with Crippen molar-refractivity contribution < 1.29 is 14.0 Å². The molecule has 4 rings (SSSR count). The Labute approximate surface area is 166 Å². The minimum atomic E-state index is -0.337. The molecule has 0 unspecified atom stereocenters. The molecule has 0 spiro atoms. The Balaban J connectivity index is 1.56. The van der Waals surface area contributed by atoms with Crippen LogP contribution in [0.5, 0.6) is 0 Å². The summed E-state index contributed by atoms with van der Waals surface area (Å²) in [6.45, 7) is -0.0793. The van der Waals surface area contributed by atoms with Crippen LogP contribution in [0.25, 0.3) is 0 Å². The first kappa shape index (κ1) is 18.2. The Kier molecular flexibility index (Phi) is 5.08. The lowest BCUT2D eigenvalue weighted by atomic mass is 10.0. The van der Waals surface area contributed by atoms with Crippen LogP contribution in [0.2, 0.25) is 0 Å². The molecule has 0 saturated heterocycles. The fraction of sp³-hybridized carbons (Fsp3) is 0.190. The zero-order valence-corrected chi connectivity index (χ0v) is 16.1. The van der Waals surface area contributed by atoms with Crippen molar-refractivity contribution in [2.24, 2.45) is 5.10 Å². The van der Waals surface area contributed by atoms with Crippen LogP contribution in [0, 0.1) is 0 Å². The minimum Gasteiger partial charge on any atom is -0.459 e. The summed E-state index contributed by atoms with van der Waals surface area (Å²) in [5, 5.41) is 8.12. The van der Waals surface area contributed by atoms with E-state index in [1.165, 1.54) is 16.2 Å². The zero-order valence-electron chi connectivity index (χ0n) is 15.3. The van der Waals surface area contributed by atoms with E-state index in [1.807, 2.05) is 47.8 Å². The molecule has 7 heteroatoms. The summed E-state index contributed by atoms with van der Waals surface area (Å²) in [7, 11) is 1.58. The third-order valence-corrected chi connectivity index (χ3v) is 5.53. The maximum atomic E-state index is 13.0. The maximum absolute atomic E-state index is 13.0. The van der Waals surface area contributed by atoms with Crippen LogP contribution in [0.15, 0.2) is 75.8 Å². The molecule has 1 aliphatic heterocycles. The summed E-state index contributed by atoms with van der Waals surface area (Å²) in [6.07, 6.45) is 2.08. The molecular weight excluding hydrogens is 374 g/mol. The average molecular weight is 393 g/mol. The fourth-order valence-corrected chi connectivity index (χ4v) is 3.92. The van der Waals surface area contributed by atoms with E-state index < -0.39 is 0 Å². The zero-order chi connectivity index (χ0) is 19.5. The van der Waals surface area contributed by atoms with Gasteiger partial charge in [0.05, 0.1) is 22.9 Å². The lowest BCUT2D eigenvalue weighted by Crippen LogP contribution is -2.39. The number of hydrazone groups is 1. The highest BCUT2D eigenvalue weighted by Crippen LogP contribution is 2.33. The Morgan fingerprint density at radius 2 is 2.00 bits per heavy atom. The molecule has 1 aromatic carbocycles. The maximum Gasteiger partial charge on any atom is 0.289 e. The van der Waals surface area contributed by atoms with Gasteiger partial charge in [0.1, 0.15) is 6.54 Å². The first-order chi connectivity index (χ1) is 13.6. The molecule has 6 nitrogen and oxygen atoms in total. The number of hydrogen-bond donors (Lipinski definition) is 0. The molecule has 1 atom stereocenters. The molecule has 142 valence electrons. The normalized spacial score (nSPS) is 16.1. The van der Waals surface area contributed by atoms with Crippen LogP contribution in [-0.2, 0) is 4.79 Å². The molecule has 0 aliphatic carbocycles. The molecule has 3 heterocycles. The van der Waals surface area contributed by atoms with E-state index >= 15 is 0 Å². The second-order valence-corrected chi connectivity index (χ2v) is 7.48. The van der Waals surface area contributed by atoms with Crippen molar-refractivity contribution in [1.82, 2.24) is 9.91 Å². The molecule has 2 amide bonds. The molecule has 2 aromatic heterocycles. The van der Waals surface area contributed by atoms with E-state index in [2.05, 4.69) is 5.10 Å². The molecule has 0 radical (unpaired) electrons. The largest absolute Gasteiger partial charge is 0.459 e. The second kappa shape index (κ2) is 7.82. The van der Waals surface area contributed by atoms with Crippen LogP contribution >= 0.6 is 11.3 Å². The molecule has 3 aromatic rings. The molecular formula is C21H19N3O3S. The topological polar surface area (TPSA) is 66.1 Å². The molecule has 0 saturated carbocycles.